The summed E-state index contributed by atoms with van der Waals surface area (Å²) in [7, 11) is 1.66. The van der Waals surface area contributed by atoms with Gasteiger partial charge in [-0.25, -0.2) is 0 Å². The second-order valence-electron chi connectivity index (χ2n) is 6.48. The lowest BCUT2D eigenvalue weighted by atomic mass is 9.91. The van der Waals surface area contributed by atoms with Crippen molar-refractivity contribution in [3.8, 4) is 5.75 Å². The molecule has 3 atom stereocenters. The largest absolute Gasteiger partial charge is 0.497 e. The molecule has 1 aliphatic heterocycles. The molecule has 0 radical (unpaired) electrons. The summed E-state index contributed by atoms with van der Waals surface area (Å²) >= 11 is 0. The number of benzene rings is 1. The van der Waals surface area contributed by atoms with Gasteiger partial charge in [0.25, 0.3) is 0 Å². The van der Waals surface area contributed by atoms with Crippen LogP contribution in [0, 0.1) is 5.92 Å². The Morgan fingerprint density at radius 3 is 2.57 bits per heavy atom. The van der Waals surface area contributed by atoms with Crippen molar-refractivity contribution in [1.82, 2.24) is 4.90 Å². The third-order valence-electron chi connectivity index (χ3n) is 4.72. The van der Waals surface area contributed by atoms with Gasteiger partial charge in [0.15, 0.2) is 0 Å². The lowest BCUT2D eigenvalue weighted by Gasteiger charge is -2.35. The Balaban J connectivity index is 0.00000264. The van der Waals surface area contributed by atoms with Crippen molar-refractivity contribution in [3.63, 3.8) is 0 Å². The number of methoxy groups -OCH3 is 1. The quantitative estimate of drug-likeness (QED) is 0.895. The maximum atomic E-state index is 12.5. The average Bonchev–Trinajstić information content (AvgIpc) is 2.54. The summed E-state index contributed by atoms with van der Waals surface area (Å²) in [6.07, 6.45) is 2.75. The first-order valence-corrected chi connectivity index (χ1v) is 8.18. The fourth-order valence-electron chi connectivity index (χ4n) is 3.11. The molecule has 2 rings (SSSR count). The van der Waals surface area contributed by atoms with Crippen LogP contribution in [0.25, 0.3) is 0 Å². The zero-order valence-electron chi connectivity index (χ0n) is 14.3. The van der Waals surface area contributed by atoms with Crippen LogP contribution in [0.5, 0.6) is 5.75 Å². The Morgan fingerprint density at radius 1 is 1.35 bits per heavy atom. The first-order chi connectivity index (χ1) is 10.5. The van der Waals surface area contributed by atoms with Gasteiger partial charge in [0, 0.05) is 25.6 Å². The Kier molecular flexibility index (Phi) is 7.86. The molecule has 1 aromatic carbocycles. The number of piperidine rings is 1. The summed E-state index contributed by atoms with van der Waals surface area (Å²) in [6, 6.07) is 8.14. The van der Waals surface area contributed by atoms with E-state index in [2.05, 4.69) is 6.92 Å². The molecule has 2 N–H and O–H groups in total. The normalized spacial score (nSPS) is 20.3. The third kappa shape index (κ3) is 5.40. The molecule has 0 spiro atoms. The molecule has 0 aliphatic carbocycles. The summed E-state index contributed by atoms with van der Waals surface area (Å²) in [5.41, 5.74) is 7.18. The second kappa shape index (κ2) is 9.14. The minimum Gasteiger partial charge on any atom is -0.497 e. The van der Waals surface area contributed by atoms with E-state index in [0.29, 0.717) is 12.3 Å². The summed E-state index contributed by atoms with van der Waals surface area (Å²) in [6.45, 7) is 5.83. The molecule has 0 saturated carbocycles. The van der Waals surface area contributed by atoms with E-state index in [1.807, 2.05) is 36.1 Å². The Bertz CT molecular complexity index is 490. The van der Waals surface area contributed by atoms with E-state index in [-0.39, 0.29) is 30.3 Å². The predicted molar refractivity (Wildman–Crippen MR) is 96.2 cm³/mol. The van der Waals surface area contributed by atoms with Gasteiger partial charge in [0.2, 0.25) is 5.91 Å². The van der Waals surface area contributed by atoms with E-state index < -0.39 is 0 Å². The fraction of sp³-hybridized carbons (Fsp3) is 0.611. The minimum absolute atomic E-state index is 0. The number of hydrogen-bond acceptors (Lipinski definition) is 3. The minimum atomic E-state index is 0. The van der Waals surface area contributed by atoms with Crippen LogP contribution in [0.15, 0.2) is 24.3 Å². The Hall–Kier alpha value is -1.26. The summed E-state index contributed by atoms with van der Waals surface area (Å²) in [5, 5.41) is 0. The van der Waals surface area contributed by atoms with Crippen molar-refractivity contribution in [2.24, 2.45) is 11.7 Å². The van der Waals surface area contributed by atoms with Gasteiger partial charge in [-0.1, -0.05) is 19.1 Å². The van der Waals surface area contributed by atoms with Crippen molar-refractivity contribution >= 4 is 18.3 Å². The first-order valence-electron chi connectivity index (χ1n) is 8.18. The maximum absolute atomic E-state index is 12.5. The van der Waals surface area contributed by atoms with E-state index >= 15 is 0 Å². The number of hydrogen-bond donors (Lipinski definition) is 1. The first kappa shape index (κ1) is 19.8. The molecule has 1 heterocycles. The highest BCUT2D eigenvalue weighted by Gasteiger charge is 2.26. The monoisotopic (exact) mass is 340 g/mol. The molecule has 4 nitrogen and oxygen atoms in total. The lowest BCUT2D eigenvalue weighted by Crippen LogP contribution is -2.45. The summed E-state index contributed by atoms with van der Waals surface area (Å²) < 4.78 is 5.17. The Labute approximate surface area is 145 Å². The van der Waals surface area contributed by atoms with Crippen molar-refractivity contribution < 1.29 is 9.53 Å². The molecule has 1 saturated heterocycles. The number of nitrogens with zero attached hydrogens (tertiary/aromatic N) is 1. The molecule has 1 fully saturated rings. The van der Waals surface area contributed by atoms with Gasteiger partial charge in [-0.05, 0) is 49.3 Å². The molecule has 23 heavy (non-hydrogen) atoms. The SMILES string of the molecule is COc1ccc(C(C)CC(=O)N2CCCC(C(C)N)C2)cc1.Cl. The van der Waals surface area contributed by atoms with Gasteiger partial charge >= 0.3 is 0 Å². The van der Waals surface area contributed by atoms with Crippen LogP contribution in [0.3, 0.4) is 0 Å². The van der Waals surface area contributed by atoms with Crippen LogP contribution in [-0.4, -0.2) is 37.0 Å². The number of rotatable bonds is 5. The van der Waals surface area contributed by atoms with E-state index in [9.17, 15) is 4.79 Å². The van der Waals surface area contributed by atoms with Crippen LogP contribution in [0.2, 0.25) is 0 Å². The number of likely N-dealkylation sites (tertiary alicyclic amines) is 1. The number of amides is 1. The average molecular weight is 341 g/mol. The van der Waals surface area contributed by atoms with Crippen molar-refractivity contribution in [3.05, 3.63) is 29.8 Å². The van der Waals surface area contributed by atoms with Gasteiger partial charge in [-0.15, -0.1) is 12.4 Å². The molecular weight excluding hydrogens is 312 g/mol. The van der Waals surface area contributed by atoms with Crippen LogP contribution < -0.4 is 10.5 Å². The van der Waals surface area contributed by atoms with Gasteiger partial charge in [0.05, 0.1) is 7.11 Å². The second-order valence-corrected chi connectivity index (χ2v) is 6.48. The van der Waals surface area contributed by atoms with Gasteiger partial charge in [0.1, 0.15) is 5.75 Å². The smallest absolute Gasteiger partial charge is 0.223 e. The molecule has 0 bridgehead atoms. The number of carbonyl (C=O) groups excluding carboxylic acids is 1. The number of ether oxygens (including phenoxy) is 1. The fourth-order valence-corrected chi connectivity index (χ4v) is 3.11. The molecule has 5 heteroatoms. The molecule has 0 aromatic heterocycles. The maximum Gasteiger partial charge on any atom is 0.223 e. The molecule has 3 unspecified atom stereocenters. The van der Waals surface area contributed by atoms with Gasteiger partial charge in [-0.2, -0.15) is 0 Å². The molecular formula is C18H29ClN2O2. The van der Waals surface area contributed by atoms with Crippen LogP contribution in [0.4, 0.5) is 0 Å². The summed E-state index contributed by atoms with van der Waals surface area (Å²) in [4.78, 5) is 14.5. The van der Waals surface area contributed by atoms with E-state index in [0.717, 1.165) is 31.7 Å². The zero-order chi connectivity index (χ0) is 16.1. The molecule has 1 amide bonds. The van der Waals surface area contributed by atoms with Crippen LogP contribution >= 0.6 is 12.4 Å². The molecule has 1 aromatic rings. The summed E-state index contributed by atoms with van der Waals surface area (Å²) in [5.74, 6) is 1.75. The zero-order valence-corrected chi connectivity index (χ0v) is 15.1. The number of carbonyl (C=O) groups is 1. The lowest BCUT2D eigenvalue weighted by molar-refractivity contribution is -0.133. The van der Waals surface area contributed by atoms with E-state index in [1.165, 1.54) is 5.56 Å². The number of halogens is 1. The van der Waals surface area contributed by atoms with Crippen LogP contribution in [0.1, 0.15) is 44.6 Å². The highest BCUT2D eigenvalue weighted by molar-refractivity contribution is 5.85. The standard InChI is InChI=1S/C18H28N2O2.ClH/c1-13(15-6-8-17(22-3)9-7-15)11-18(21)20-10-4-5-16(12-20)14(2)19;/h6-9,13-14,16H,4-5,10-12,19H2,1-3H3;1H. The van der Waals surface area contributed by atoms with E-state index in [1.54, 1.807) is 7.11 Å². The highest BCUT2D eigenvalue weighted by atomic mass is 35.5. The van der Waals surface area contributed by atoms with Gasteiger partial charge < -0.3 is 15.4 Å². The third-order valence-corrected chi connectivity index (χ3v) is 4.72. The highest BCUT2D eigenvalue weighted by Crippen LogP contribution is 2.25. The van der Waals surface area contributed by atoms with Crippen molar-refractivity contribution in [2.75, 3.05) is 20.2 Å². The molecule has 1 aliphatic rings. The van der Waals surface area contributed by atoms with E-state index in [4.69, 9.17) is 10.5 Å². The van der Waals surface area contributed by atoms with Gasteiger partial charge in [-0.3, -0.25) is 4.79 Å². The Morgan fingerprint density at radius 2 is 2.00 bits per heavy atom. The van der Waals surface area contributed by atoms with Crippen molar-refractivity contribution in [2.45, 2.75) is 45.1 Å². The predicted octanol–water partition coefficient (Wildman–Crippen LogP) is 3.20. The van der Waals surface area contributed by atoms with Crippen molar-refractivity contribution in [1.29, 1.82) is 0 Å². The van der Waals surface area contributed by atoms with Crippen LogP contribution in [-0.2, 0) is 4.79 Å². The molecule has 130 valence electrons. The number of nitrogens with two attached hydrogens (primary N) is 1. The topological polar surface area (TPSA) is 55.6 Å².